The van der Waals surface area contributed by atoms with E-state index in [9.17, 15) is 18.0 Å². The molecule has 0 spiro atoms. The molecule has 2 heterocycles. The van der Waals surface area contributed by atoms with Crippen LogP contribution in [0.25, 0.3) is 11.5 Å². The number of alkyl halides is 3. The maximum absolute atomic E-state index is 12.8. The quantitative estimate of drug-likeness (QED) is 0.707. The van der Waals surface area contributed by atoms with Crippen molar-refractivity contribution in [3.8, 4) is 11.5 Å². The Bertz CT molecular complexity index is 869. The average Bonchev–Trinajstić information content (AvgIpc) is 3.24. The van der Waals surface area contributed by atoms with Gasteiger partial charge in [-0.15, -0.1) is 0 Å². The van der Waals surface area contributed by atoms with Gasteiger partial charge in [0.15, 0.2) is 17.8 Å². The standard InChI is InChI=1S/C17H13F3N2O3/c1-22(9-11-4-2-5-12(8-11)17(18,19)20)16(23)14-15(25-10-21-14)13-6-3-7-24-13/h2-8,10H,9H2,1H3. The van der Waals surface area contributed by atoms with Crippen LogP contribution in [-0.2, 0) is 12.7 Å². The van der Waals surface area contributed by atoms with Gasteiger partial charge in [-0.25, -0.2) is 4.98 Å². The number of benzene rings is 1. The number of aromatic nitrogens is 1. The number of carbonyl (C=O) groups excluding carboxylic acids is 1. The molecular weight excluding hydrogens is 337 g/mol. The number of halogens is 3. The van der Waals surface area contributed by atoms with Crippen molar-refractivity contribution in [2.75, 3.05) is 7.05 Å². The van der Waals surface area contributed by atoms with Gasteiger partial charge >= 0.3 is 6.18 Å². The highest BCUT2D eigenvalue weighted by atomic mass is 19.4. The van der Waals surface area contributed by atoms with Gasteiger partial charge in [0, 0.05) is 13.6 Å². The van der Waals surface area contributed by atoms with E-state index in [1.807, 2.05) is 0 Å². The smallest absolute Gasteiger partial charge is 0.416 e. The highest BCUT2D eigenvalue weighted by Gasteiger charge is 2.30. The number of carbonyl (C=O) groups is 1. The number of nitrogens with zero attached hydrogens (tertiary/aromatic N) is 2. The van der Waals surface area contributed by atoms with Crippen molar-refractivity contribution in [2.24, 2.45) is 0 Å². The van der Waals surface area contributed by atoms with Crippen LogP contribution in [0.15, 0.2) is 57.9 Å². The first-order valence-corrected chi connectivity index (χ1v) is 7.25. The zero-order chi connectivity index (χ0) is 18.0. The number of oxazole rings is 1. The zero-order valence-corrected chi connectivity index (χ0v) is 13.1. The van der Waals surface area contributed by atoms with E-state index in [0.29, 0.717) is 11.3 Å². The van der Waals surface area contributed by atoms with Gasteiger partial charge in [0.1, 0.15) is 0 Å². The minimum absolute atomic E-state index is 0.00674. The number of hydrogen-bond donors (Lipinski definition) is 0. The summed E-state index contributed by atoms with van der Waals surface area (Å²) in [5.41, 5.74) is -0.373. The molecule has 0 saturated heterocycles. The molecule has 0 saturated carbocycles. The van der Waals surface area contributed by atoms with Gasteiger partial charge in [-0.1, -0.05) is 12.1 Å². The second kappa shape index (κ2) is 6.46. The second-order valence-electron chi connectivity index (χ2n) is 5.37. The Hall–Kier alpha value is -3.03. The lowest BCUT2D eigenvalue weighted by atomic mass is 10.1. The molecule has 5 nitrogen and oxygen atoms in total. The Morgan fingerprint density at radius 3 is 2.68 bits per heavy atom. The van der Waals surface area contributed by atoms with E-state index in [1.165, 1.54) is 30.3 Å². The molecule has 1 amide bonds. The SMILES string of the molecule is CN(Cc1cccc(C(F)(F)F)c1)C(=O)c1ncoc1-c1ccco1. The molecule has 0 fully saturated rings. The van der Waals surface area contributed by atoms with Crippen LogP contribution in [0, 0.1) is 0 Å². The Labute approximate surface area is 140 Å². The monoisotopic (exact) mass is 350 g/mol. The normalized spacial score (nSPS) is 11.5. The maximum atomic E-state index is 12.8. The van der Waals surface area contributed by atoms with E-state index in [4.69, 9.17) is 8.83 Å². The summed E-state index contributed by atoms with van der Waals surface area (Å²) < 4.78 is 48.7. The van der Waals surface area contributed by atoms with E-state index in [0.717, 1.165) is 18.5 Å². The zero-order valence-electron chi connectivity index (χ0n) is 13.1. The molecule has 0 unspecified atom stereocenters. The Morgan fingerprint density at radius 2 is 2.00 bits per heavy atom. The molecule has 3 aromatic rings. The van der Waals surface area contributed by atoms with Gasteiger partial charge in [0.05, 0.1) is 11.8 Å². The number of furan rings is 1. The van der Waals surface area contributed by atoms with Crippen molar-refractivity contribution < 1.29 is 26.8 Å². The van der Waals surface area contributed by atoms with E-state index >= 15 is 0 Å². The lowest BCUT2D eigenvalue weighted by Gasteiger charge is -2.17. The number of rotatable bonds is 4. The lowest BCUT2D eigenvalue weighted by Crippen LogP contribution is -2.27. The number of hydrogen-bond acceptors (Lipinski definition) is 4. The third-order valence-corrected chi connectivity index (χ3v) is 3.54. The fourth-order valence-electron chi connectivity index (χ4n) is 2.35. The van der Waals surface area contributed by atoms with Crippen LogP contribution < -0.4 is 0 Å². The maximum Gasteiger partial charge on any atom is 0.416 e. The summed E-state index contributed by atoms with van der Waals surface area (Å²) in [5.74, 6) is 0.0248. The largest absolute Gasteiger partial charge is 0.461 e. The molecule has 0 bridgehead atoms. The molecule has 0 aliphatic heterocycles. The summed E-state index contributed by atoms with van der Waals surface area (Å²) in [4.78, 5) is 17.7. The van der Waals surface area contributed by atoms with Gasteiger partial charge < -0.3 is 13.7 Å². The molecule has 130 valence electrons. The van der Waals surface area contributed by atoms with Crippen molar-refractivity contribution in [3.05, 3.63) is 65.9 Å². The molecule has 3 rings (SSSR count). The molecular formula is C17H13F3N2O3. The molecule has 25 heavy (non-hydrogen) atoms. The summed E-state index contributed by atoms with van der Waals surface area (Å²) in [7, 11) is 1.48. The summed E-state index contributed by atoms with van der Waals surface area (Å²) >= 11 is 0. The van der Waals surface area contributed by atoms with Crippen molar-refractivity contribution in [1.29, 1.82) is 0 Å². The second-order valence-corrected chi connectivity index (χ2v) is 5.37. The van der Waals surface area contributed by atoms with Gasteiger partial charge in [0.25, 0.3) is 5.91 Å². The van der Waals surface area contributed by atoms with Gasteiger partial charge in [-0.3, -0.25) is 4.79 Å². The van der Waals surface area contributed by atoms with Crippen LogP contribution in [0.2, 0.25) is 0 Å². The minimum Gasteiger partial charge on any atom is -0.461 e. The van der Waals surface area contributed by atoms with Crippen LogP contribution in [0.3, 0.4) is 0 Å². The molecule has 0 radical (unpaired) electrons. The predicted molar refractivity (Wildman–Crippen MR) is 81.4 cm³/mol. The average molecular weight is 350 g/mol. The highest BCUT2D eigenvalue weighted by Crippen LogP contribution is 2.30. The Balaban J connectivity index is 1.80. The summed E-state index contributed by atoms with van der Waals surface area (Å²) in [6.45, 7) is -0.00674. The first-order chi connectivity index (χ1) is 11.9. The first-order valence-electron chi connectivity index (χ1n) is 7.25. The van der Waals surface area contributed by atoms with Crippen molar-refractivity contribution in [2.45, 2.75) is 12.7 Å². The Kier molecular flexibility index (Phi) is 4.35. The van der Waals surface area contributed by atoms with Crippen LogP contribution in [0.1, 0.15) is 21.6 Å². The molecule has 0 N–H and O–H groups in total. The van der Waals surface area contributed by atoms with E-state index in [2.05, 4.69) is 4.98 Å². The molecule has 0 aliphatic carbocycles. The first kappa shape index (κ1) is 16.8. The molecule has 0 atom stereocenters. The van der Waals surface area contributed by atoms with Crippen molar-refractivity contribution >= 4 is 5.91 Å². The van der Waals surface area contributed by atoms with Crippen LogP contribution in [-0.4, -0.2) is 22.8 Å². The van der Waals surface area contributed by atoms with Crippen molar-refractivity contribution in [1.82, 2.24) is 9.88 Å². The van der Waals surface area contributed by atoms with Gasteiger partial charge in [0.2, 0.25) is 5.76 Å². The third kappa shape index (κ3) is 3.57. The molecule has 2 aromatic heterocycles. The fraction of sp³-hybridized carbons (Fsp3) is 0.176. The molecule has 1 aromatic carbocycles. The van der Waals surface area contributed by atoms with E-state index < -0.39 is 17.6 Å². The Morgan fingerprint density at radius 1 is 1.20 bits per heavy atom. The minimum atomic E-state index is -4.43. The topological polar surface area (TPSA) is 59.5 Å². The third-order valence-electron chi connectivity index (χ3n) is 3.54. The molecule has 0 aliphatic rings. The molecule has 8 heteroatoms. The van der Waals surface area contributed by atoms with E-state index in [1.54, 1.807) is 12.1 Å². The van der Waals surface area contributed by atoms with Crippen LogP contribution in [0.4, 0.5) is 13.2 Å². The van der Waals surface area contributed by atoms with Gasteiger partial charge in [-0.05, 0) is 29.8 Å². The summed E-state index contributed by atoms with van der Waals surface area (Å²) in [5, 5.41) is 0. The fourth-order valence-corrected chi connectivity index (χ4v) is 2.35. The van der Waals surface area contributed by atoms with Crippen molar-refractivity contribution in [3.63, 3.8) is 0 Å². The van der Waals surface area contributed by atoms with Crippen LogP contribution in [0.5, 0.6) is 0 Å². The lowest BCUT2D eigenvalue weighted by molar-refractivity contribution is -0.137. The van der Waals surface area contributed by atoms with Crippen LogP contribution >= 0.6 is 0 Å². The predicted octanol–water partition coefficient (Wildman–Crippen LogP) is 4.23. The summed E-state index contributed by atoms with van der Waals surface area (Å²) in [6.07, 6.45) is -1.89. The summed E-state index contributed by atoms with van der Waals surface area (Å²) in [6, 6.07) is 8.08. The van der Waals surface area contributed by atoms with Gasteiger partial charge in [-0.2, -0.15) is 13.2 Å². The number of amides is 1. The highest BCUT2D eigenvalue weighted by molar-refractivity contribution is 5.96. The van der Waals surface area contributed by atoms with E-state index in [-0.39, 0.29) is 18.0 Å².